The van der Waals surface area contributed by atoms with Crippen molar-refractivity contribution in [1.29, 1.82) is 0 Å². The van der Waals surface area contributed by atoms with Crippen LogP contribution in [0, 0.1) is 12.3 Å². The first kappa shape index (κ1) is 24.7. The number of rotatable bonds is 7. The molecule has 5 rings (SSSR count). The molecule has 0 radical (unpaired) electrons. The van der Waals surface area contributed by atoms with Gasteiger partial charge in [-0.2, -0.15) is 10.1 Å². The van der Waals surface area contributed by atoms with Gasteiger partial charge in [0.25, 0.3) is 5.89 Å². The Morgan fingerprint density at radius 1 is 1.25 bits per heavy atom. The van der Waals surface area contributed by atoms with Crippen molar-refractivity contribution in [3.63, 3.8) is 0 Å². The molecule has 8 nitrogen and oxygen atoms in total. The minimum Gasteiger partial charge on any atom is -0.481 e. The Hall–Kier alpha value is -3.00. The highest BCUT2D eigenvalue weighted by Gasteiger charge is 2.32. The van der Waals surface area contributed by atoms with Gasteiger partial charge < -0.3 is 14.5 Å². The maximum atomic E-state index is 10.8. The lowest BCUT2D eigenvalue weighted by Crippen LogP contribution is -2.34. The highest BCUT2D eigenvalue weighted by Crippen LogP contribution is 2.39. The second-order valence-corrected chi connectivity index (χ2v) is 11.2. The Kier molecular flexibility index (Phi) is 6.72. The minimum atomic E-state index is -0.726. The zero-order valence-corrected chi connectivity index (χ0v) is 21.9. The number of likely N-dealkylation sites (tertiary alicyclic amines) is 1. The second-order valence-electron chi connectivity index (χ2n) is 11.2. The number of aryl methyl sites for hydroxylation is 2. The fraction of sp³-hybridized carbons (Fsp3) is 0.571. The van der Waals surface area contributed by atoms with Gasteiger partial charge in [-0.05, 0) is 81.5 Å². The molecule has 0 unspecified atom stereocenters. The fourth-order valence-corrected chi connectivity index (χ4v) is 5.80. The highest BCUT2D eigenvalue weighted by molar-refractivity contribution is 5.67. The number of fused-ring (bicyclic) bond motifs is 1. The Morgan fingerprint density at radius 3 is 2.72 bits per heavy atom. The summed E-state index contributed by atoms with van der Waals surface area (Å²) in [4.78, 5) is 17.9. The highest BCUT2D eigenvalue weighted by atomic mass is 16.5. The van der Waals surface area contributed by atoms with Gasteiger partial charge in [0.05, 0.1) is 6.42 Å². The number of aromatic nitrogens is 4. The number of hydrogen-bond acceptors (Lipinski definition) is 6. The third-order valence-corrected chi connectivity index (χ3v) is 7.98. The molecule has 0 spiro atoms. The summed E-state index contributed by atoms with van der Waals surface area (Å²) in [5, 5.41) is 18.1. The summed E-state index contributed by atoms with van der Waals surface area (Å²) in [5.74, 6) is 0.878. The average Bonchev–Trinajstić information content (AvgIpc) is 3.47. The van der Waals surface area contributed by atoms with Crippen LogP contribution < -0.4 is 0 Å². The summed E-state index contributed by atoms with van der Waals surface area (Å²) in [5.41, 5.74) is 7.13. The van der Waals surface area contributed by atoms with Gasteiger partial charge in [-0.25, -0.2) is 0 Å². The molecule has 1 saturated heterocycles. The van der Waals surface area contributed by atoms with Gasteiger partial charge in [0, 0.05) is 29.9 Å². The normalized spacial score (nSPS) is 18.3. The Labute approximate surface area is 212 Å². The molecule has 1 aliphatic carbocycles. The van der Waals surface area contributed by atoms with Crippen molar-refractivity contribution in [2.24, 2.45) is 5.41 Å². The molecule has 8 heteroatoms. The Morgan fingerprint density at radius 2 is 2.03 bits per heavy atom. The lowest BCUT2D eigenvalue weighted by atomic mass is 9.76. The summed E-state index contributed by atoms with van der Waals surface area (Å²) < 4.78 is 7.85. The average molecular weight is 492 g/mol. The molecule has 1 aromatic carbocycles. The molecule has 2 aliphatic rings. The molecule has 0 amide bonds. The molecule has 1 N–H and O–H groups in total. The number of aliphatic carboxylic acids is 1. The van der Waals surface area contributed by atoms with Crippen LogP contribution in [0.15, 0.2) is 22.7 Å². The minimum absolute atomic E-state index is 0.213. The van der Waals surface area contributed by atoms with Crippen LogP contribution in [0.1, 0.15) is 74.8 Å². The molecule has 0 saturated carbocycles. The van der Waals surface area contributed by atoms with Crippen molar-refractivity contribution in [1.82, 2.24) is 24.8 Å². The van der Waals surface area contributed by atoms with Gasteiger partial charge in [0.1, 0.15) is 0 Å². The summed E-state index contributed by atoms with van der Waals surface area (Å²) in [7, 11) is 0. The maximum Gasteiger partial charge on any atom is 0.304 e. The molecule has 1 aliphatic heterocycles. The molecule has 0 bridgehead atoms. The van der Waals surface area contributed by atoms with E-state index in [9.17, 15) is 4.79 Å². The van der Waals surface area contributed by atoms with E-state index < -0.39 is 5.97 Å². The van der Waals surface area contributed by atoms with Gasteiger partial charge in [-0.15, -0.1) is 0 Å². The van der Waals surface area contributed by atoms with Crippen LogP contribution in [-0.4, -0.2) is 55.5 Å². The number of carbonyl (C=O) groups is 1. The molecular weight excluding hydrogens is 454 g/mol. The molecule has 2 aromatic heterocycles. The van der Waals surface area contributed by atoms with Crippen LogP contribution in [0.25, 0.3) is 23.0 Å². The van der Waals surface area contributed by atoms with Crippen LogP contribution in [0.5, 0.6) is 0 Å². The molecule has 0 atom stereocenters. The standard InChI is InChI=1S/C28H37N5O3/c1-5-33-23-17-28(3,4)12-8-22(23)25(30-33)27-29-26(31-36-27)21-7-6-20(16-18(21)2)19-9-13-32(14-10-19)15-11-24(34)35/h6-7,16,19H,5,8-15,17H2,1-4H3,(H,34,35). The predicted molar refractivity (Wildman–Crippen MR) is 138 cm³/mol. The number of nitrogens with zero attached hydrogens (tertiary/aromatic N) is 5. The van der Waals surface area contributed by atoms with Crippen LogP contribution in [0.3, 0.4) is 0 Å². The maximum absolute atomic E-state index is 10.8. The lowest BCUT2D eigenvalue weighted by molar-refractivity contribution is -0.137. The van der Waals surface area contributed by atoms with Crippen LogP contribution >= 0.6 is 0 Å². The number of piperidine rings is 1. The van der Waals surface area contributed by atoms with E-state index in [2.05, 4.69) is 60.6 Å². The first-order chi connectivity index (χ1) is 17.2. The number of carboxylic acids is 1. The van der Waals surface area contributed by atoms with E-state index in [0.717, 1.165) is 68.6 Å². The number of benzene rings is 1. The third-order valence-electron chi connectivity index (χ3n) is 7.98. The number of hydrogen-bond donors (Lipinski definition) is 1. The topological polar surface area (TPSA) is 97.3 Å². The summed E-state index contributed by atoms with van der Waals surface area (Å²) in [6.07, 6.45) is 5.44. The zero-order valence-electron chi connectivity index (χ0n) is 21.9. The van der Waals surface area contributed by atoms with E-state index in [1.165, 1.54) is 16.8 Å². The predicted octanol–water partition coefficient (Wildman–Crippen LogP) is 5.10. The first-order valence-electron chi connectivity index (χ1n) is 13.2. The van der Waals surface area contributed by atoms with Crippen molar-refractivity contribution >= 4 is 5.97 Å². The van der Waals surface area contributed by atoms with Crippen molar-refractivity contribution in [3.8, 4) is 23.0 Å². The van der Waals surface area contributed by atoms with Crippen molar-refractivity contribution in [3.05, 3.63) is 40.6 Å². The Bertz CT molecular complexity index is 1250. The lowest BCUT2D eigenvalue weighted by Gasteiger charge is -2.32. The molecule has 3 heterocycles. The van der Waals surface area contributed by atoms with E-state index in [-0.39, 0.29) is 11.8 Å². The molecular formula is C28H37N5O3. The monoisotopic (exact) mass is 491 g/mol. The summed E-state index contributed by atoms with van der Waals surface area (Å²) >= 11 is 0. The smallest absolute Gasteiger partial charge is 0.304 e. The largest absolute Gasteiger partial charge is 0.481 e. The van der Waals surface area contributed by atoms with E-state index in [4.69, 9.17) is 19.7 Å². The van der Waals surface area contributed by atoms with E-state index in [1.54, 1.807) is 0 Å². The van der Waals surface area contributed by atoms with E-state index in [0.29, 0.717) is 24.2 Å². The van der Waals surface area contributed by atoms with Gasteiger partial charge in [-0.1, -0.05) is 37.2 Å². The van der Waals surface area contributed by atoms with Crippen molar-refractivity contribution in [2.45, 2.75) is 78.7 Å². The molecule has 1 fully saturated rings. The number of carboxylic acid groups (broad SMARTS) is 1. The van der Waals surface area contributed by atoms with Gasteiger partial charge >= 0.3 is 5.97 Å². The third kappa shape index (κ3) is 4.96. The fourth-order valence-electron chi connectivity index (χ4n) is 5.80. The van der Waals surface area contributed by atoms with Crippen LogP contribution in [-0.2, 0) is 24.2 Å². The second kappa shape index (κ2) is 9.81. The zero-order chi connectivity index (χ0) is 25.4. The van der Waals surface area contributed by atoms with Crippen molar-refractivity contribution in [2.75, 3.05) is 19.6 Å². The molecule has 192 valence electrons. The summed E-state index contributed by atoms with van der Waals surface area (Å²) in [6, 6.07) is 6.54. The van der Waals surface area contributed by atoms with Gasteiger partial charge in [0.2, 0.25) is 5.82 Å². The SMILES string of the molecule is CCn1nc(-c2nc(-c3ccc(C4CCN(CCC(=O)O)CC4)cc3C)no2)c2c1CC(C)(C)CC2. The van der Waals surface area contributed by atoms with E-state index >= 15 is 0 Å². The molecule has 3 aromatic rings. The first-order valence-corrected chi connectivity index (χ1v) is 13.2. The van der Waals surface area contributed by atoms with Gasteiger partial charge in [-0.3, -0.25) is 9.48 Å². The van der Waals surface area contributed by atoms with Crippen LogP contribution in [0.4, 0.5) is 0 Å². The van der Waals surface area contributed by atoms with Crippen molar-refractivity contribution < 1.29 is 14.4 Å². The molecule has 36 heavy (non-hydrogen) atoms. The summed E-state index contributed by atoms with van der Waals surface area (Å²) in [6.45, 7) is 12.2. The quantitative estimate of drug-likeness (QED) is 0.491. The van der Waals surface area contributed by atoms with E-state index in [1.807, 2.05) is 0 Å². The van der Waals surface area contributed by atoms with Gasteiger partial charge in [0.15, 0.2) is 5.69 Å². The Balaban J connectivity index is 1.32. The van der Waals surface area contributed by atoms with Crippen LogP contribution in [0.2, 0.25) is 0 Å².